The number of halogens is 1. The van der Waals surface area contributed by atoms with Crippen LogP contribution in [-0.2, 0) is 14.8 Å². The highest BCUT2D eigenvalue weighted by Gasteiger charge is 2.31. The zero-order valence-corrected chi connectivity index (χ0v) is 19.7. The van der Waals surface area contributed by atoms with E-state index in [1.807, 2.05) is 35.7 Å². The normalized spacial score (nSPS) is 15.2. The van der Waals surface area contributed by atoms with E-state index in [-0.39, 0.29) is 34.7 Å². The van der Waals surface area contributed by atoms with E-state index in [1.54, 1.807) is 23.1 Å². The van der Waals surface area contributed by atoms with E-state index >= 15 is 0 Å². The van der Waals surface area contributed by atoms with Gasteiger partial charge in [-0.25, -0.2) is 13.4 Å². The van der Waals surface area contributed by atoms with Gasteiger partial charge in [-0.05, 0) is 12.1 Å². The molecule has 0 saturated carbocycles. The molecule has 0 atom stereocenters. The van der Waals surface area contributed by atoms with Crippen molar-refractivity contribution in [1.82, 2.24) is 14.2 Å². The number of hydrogen-bond acceptors (Lipinski definition) is 6. The molecule has 0 spiro atoms. The summed E-state index contributed by atoms with van der Waals surface area (Å²) in [5.41, 5.74) is 1.95. The van der Waals surface area contributed by atoms with Crippen LogP contribution in [0.1, 0.15) is 0 Å². The Morgan fingerprint density at radius 1 is 1.03 bits per heavy atom. The van der Waals surface area contributed by atoms with Crippen LogP contribution in [0.5, 0.6) is 0 Å². The number of thiazole rings is 1. The number of thioether (sulfide) groups is 1. The smallest absolute Gasteiger partial charge is 0.244 e. The Balaban J connectivity index is 1.31. The molecule has 1 aliphatic rings. The molecule has 1 aliphatic heterocycles. The maximum atomic E-state index is 12.8. The van der Waals surface area contributed by atoms with E-state index in [2.05, 4.69) is 4.98 Å². The number of benzene rings is 2. The van der Waals surface area contributed by atoms with Gasteiger partial charge in [0.1, 0.15) is 4.90 Å². The maximum Gasteiger partial charge on any atom is 0.244 e. The van der Waals surface area contributed by atoms with Gasteiger partial charge in [-0.1, -0.05) is 65.8 Å². The predicted octanol–water partition coefficient (Wildman–Crippen LogP) is 4.09. The summed E-state index contributed by atoms with van der Waals surface area (Å²) in [7, 11) is -3.67. The van der Waals surface area contributed by atoms with Crippen molar-refractivity contribution < 1.29 is 13.2 Å². The first kappa shape index (κ1) is 22.3. The van der Waals surface area contributed by atoms with Gasteiger partial charge in [0.2, 0.25) is 15.9 Å². The molecule has 2 aromatic carbocycles. The number of carbonyl (C=O) groups excluding carboxylic acids is 1. The average molecular weight is 494 g/mol. The lowest BCUT2D eigenvalue weighted by molar-refractivity contribution is -0.129. The second kappa shape index (κ2) is 9.70. The summed E-state index contributed by atoms with van der Waals surface area (Å²) < 4.78 is 27.9. The van der Waals surface area contributed by atoms with Crippen molar-refractivity contribution in [2.75, 3.05) is 31.9 Å². The highest BCUT2D eigenvalue weighted by molar-refractivity contribution is 8.01. The molecular weight excluding hydrogens is 474 g/mol. The second-order valence-corrected chi connectivity index (χ2v) is 11.3. The molecule has 0 unspecified atom stereocenters. The first-order valence-electron chi connectivity index (χ1n) is 9.61. The Labute approximate surface area is 194 Å². The number of carbonyl (C=O) groups is 1. The van der Waals surface area contributed by atoms with Gasteiger partial charge in [-0.3, -0.25) is 4.79 Å². The summed E-state index contributed by atoms with van der Waals surface area (Å²) in [5, 5.41) is 2.19. The van der Waals surface area contributed by atoms with Crippen LogP contribution >= 0.6 is 34.7 Å². The summed E-state index contributed by atoms with van der Waals surface area (Å²) in [6.45, 7) is 1.21. The standard InChI is InChI=1S/C21H20ClN3O3S3/c22-17-8-4-5-9-19(17)31(27,28)25-12-10-24(11-13-25)20(26)15-30-21-23-18(14-29-21)16-6-2-1-3-7-16/h1-9,14H,10-13,15H2. The number of rotatable bonds is 6. The first-order valence-corrected chi connectivity index (χ1v) is 13.3. The lowest BCUT2D eigenvalue weighted by atomic mass is 10.2. The predicted molar refractivity (Wildman–Crippen MR) is 125 cm³/mol. The monoisotopic (exact) mass is 493 g/mol. The average Bonchev–Trinajstić information content (AvgIpc) is 3.27. The summed E-state index contributed by atoms with van der Waals surface area (Å²) in [6.07, 6.45) is 0. The molecule has 162 valence electrons. The van der Waals surface area contributed by atoms with Gasteiger partial charge in [0.25, 0.3) is 0 Å². The molecule has 0 bridgehead atoms. The van der Waals surface area contributed by atoms with Gasteiger partial charge >= 0.3 is 0 Å². The van der Waals surface area contributed by atoms with Gasteiger partial charge < -0.3 is 4.90 Å². The van der Waals surface area contributed by atoms with E-state index in [1.165, 1.54) is 33.5 Å². The van der Waals surface area contributed by atoms with Crippen molar-refractivity contribution in [3.05, 3.63) is 65.0 Å². The molecule has 10 heteroatoms. The summed E-state index contributed by atoms with van der Waals surface area (Å²) >= 11 is 9.00. The molecular formula is C21H20ClN3O3S3. The number of nitrogens with zero attached hydrogens (tertiary/aromatic N) is 3. The van der Waals surface area contributed by atoms with Crippen LogP contribution in [0.4, 0.5) is 0 Å². The topological polar surface area (TPSA) is 70.6 Å². The van der Waals surface area contributed by atoms with Gasteiger partial charge in [-0.15, -0.1) is 11.3 Å². The Kier molecular flexibility index (Phi) is 6.98. The SMILES string of the molecule is O=C(CSc1nc(-c2ccccc2)cs1)N1CCN(S(=O)(=O)c2ccccc2Cl)CC1. The van der Waals surface area contributed by atoms with Crippen LogP contribution in [0.25, 0.3) is 11.3 Å². The summed E-state index contributed by atoms with van der Waals surface area (Å²) in [4.78, 5) is 19.0. The largest absolute Gasteiger partial charge is 0.339 e. The van der Waals surface area contributed by atoms with E-state index < -0.39 is 10.0 Å². The molecule has 1 fully saturated rings. The third-order valence-electron chi connectivity index (χ3n) is 4.92. The van der Waals surface area contributed by atoms with E-state index in [0.29, 0.717) is 13.1 Å². The van der Waals surface area contributed by atoms with Gasteiger partial charge in [0, 0.05) is 37.1 Å². The molecule has 6 nitrogen and oxygen atoms in total. The van der Waals surface area contributed by atoms with Crippen molar-refractivity contribution >= 4 is 50.6 Å². The lowest BCUT2D eigenvalue weighted by Gasteiger charge is -2.34. The van der Waals surface area contributed by atoms with Crippen molar-refractivity contribution in [2.24, 2.45) is 0 Å². The highest BCUT2D eigenvalue weighted by Crippen LogP contribution is 2.29. The van der Waals surface area contributed by atoms with Crippen LogP contribution < -0.4 is 0 Å². The van der Waals surface area contributed by atoms with Crippen molar-refractivity contribution in [2.45, 2.75) is 9.24 Å². The highest BCUT2D eigenvalue weighted by atomic mass is 35.5. The van der Waals surface area contributed by atoms with E-state index in [0.717, 1.165) is 15.6 Å². The number of piperazine rings is 1. The van der Waals surface area contributed by atoms with Gasteiger partial charge in [-0.2, -0.15) is 4.31 Å². The fourth-order valence-corrected chi connectivity index (χ4v) is 6.90. The molecule has 3 aromatic rings. The van der Waals surface area contributed by atoms with Crippen LogP contribution in [0.15, 0.2) is 69.2 Å². The summed E-state index contributed by atoms with van der Waals surface area (Å²) in [5.74, 6) is 0.259. The molecule has 1 saturated heterocycles. The molecule has 0 radical (unpaired) electrons. The Morgan fingerprint density at radius 2 is 1.71 bits per heavy atom. The number of hydrogen-bond donors (Lipinski definition) is 0. The molecule has 1 aromatic heterocycles. The van der Waals surface area contributed by atoms with Crippen LogP contribution in [0.2, 0.25) is 5.02 Å². The van der Waals surface area contributed by atoms with E-state index in [4.69, 9.17) is 11.6 Å². The first-order chi connectivity index (χ1) is 14.9. The molecule has 31 heavy (non-hydrogen) atoms. The third kappa shape index (κ3) is 5.12. The maximum absolute atomic E-state index is 12.8. The van der Waals surface area contributed by atoms with Crippen molar-refractivity contribution in [1.29, 1.82) is 0 Å². The number of aromatic nitrogens is 1. The van der Waals surface area contributed by atoms with Crippen molar-refractivity contribution in [3.8, 4) is 11.3 Å². The van der Waals surface area contributed by atoms with Crippen molar-refractivity contribution in [3.63, 3.8) is 0 Å². The molecule has 0 N–H and O–H groups in total. The summed E-state index contributed by atoms with van der Waals surface area (Å²) in [6, 6.07) is 16.3. The second-order valence-electron chi connectivity index (χ2n) is 6.87. The zero-order chi connectivity index (χ0) is 21.8. The fraction of sp³-hybridized carbons (Fsp3) is 0.238. The van der Waals surface area contributed by atoms with Gasteiger partial charge in [0.15, 0.2) is 4.34 Å². The minimum absolute atomic E-state index is 0.0174. The minimum atomic E-state index is -3.67. The number of sulfonamides is 1. The Bertz CT molecular complexity index is 1160. The molecule has 1 amide bonds. The Hall–Kier alpha value is -1.91. The van der Waals surface area contributed by atoms with Crippen LogP contribution in [-0.4, -0.2) is 60.4 Å². The van der Waals surface area contributed by atoms with Gasteiger partial charge in [0.05, 0.1) is 16.5 Å². The Morgan fingerprint density at radius 3 is 2.42 bits per heavy atom. The molecule has 0 aliphatic carbocycles. The van der Waals surface area contributed by atoms with Crippen LogP contribution in [0.3, 0.4) is 0 Å². The van der Waals surface area contributed by atoms with Crippen LogP contribution in [0, 0.1) is 0 Å². The fourth-order valence-electron chi connectivity index (χ4n) is 3.25. The zero-order valence-electron chi connectivity index (χ0n) is 16.5. The third-order valence-corrected chi connectivity index (χ3v) is 9.32. The molecule has 4 rings (SSSR count). The minimum Gasteiger partial charge on any atom is -0.339 e. The molecule has 2 heterocycles. The van der Waals surface area contributed by atoms with E-state index in [9.17, 15) is 13.2 Å². The quantitative estimate of drug-likeness (QED) is 0.484. The number of amides is 1. The lowest BCUT2D eigenvalue weighted by Crippen LogP contribution is -2.51.